The number of carbonyl (C=O) groups is 2. The van der Waals surface area contributed by atoms with E-state index >= 15 is 0 Å². The number of carboxylic acids is 1. The number of nitrogens with one attached hydrogen (secondary N) is 2. The summed E-state index contributed by atoms with van der Waals surface area (Å²) in [4.78, 5) is 37.2. The van der Waals surface area contributed by atoms with Gasteiger partial charge in [-0.25, -0.2) is 0 Å². The third kappa shape index (κ3) is 2.89. The average molecular weight is 278 g/mol. The number of aromatic nitrogens is 1. The van der Waals surface area contributed by atoms with Crippen LogP contribution in [-0.2, 0) is 4.79 Å². The summed E-state index contributed by atoms with van der Waals surface area (Å²) in [5.74, 6) is -1.90. The van der Waals surface area contributed by atoms with E-state index in [0.29, 0.717) is 12.8 Å². The van der Waals surface area contributed by atoms with Gasteiger partial charge in [-0.05, 0) is 25.8 Å². The number of carbonyl (C=O) groups excluding carboxylic acids is 1. The lowest BCUT2D eigenvalue weighted by Gasteiger charge is -2.39. The van der Waals surface area contributed by atoms with E-state index in [1.165, 1.54) is 18.3 Å². The molecular formula is C14H18N2O4. The molecule has 6 heteroatoms. The maximum atomic E-state index is 12.2. The molecule has 1 aliphatic carbocycles. The highest BCUT2D eigenvalue weighted by Crippen LogP contribution is 2.34. The minimum Gasteiger partial charge on any atom is -0.481 e. The maximum absolute atomic E-state index is 12.2. The highest BCUT2D eigenvalue weighted by molar-refractivity contribution is 5.94. The van der Waals surface area contributed by atoms with Gasteiger partial charge in [0, 0.05) is 17.8 Å². The molecule has 0 unspecified atom stereocenters. The Balaban J connectivity index is 2.20. The summed E-state index contributed by atoms with van der Waals surface area (Å²) in [6, 6.07) is 2.70. The fourth-order valence-corrected chi connectivity index (χ4v) is 2.80. The molecule has 0 saturated heterocycles. The molecule has 6 nitrogen and oxygen atoms in total. The summed E-state index contributed by atoms with van der Waals surface area (Å²) in [5, 5.41) is 12.1. The van der Waals surface area contributed by atoms with Crippen LogP contribution in [0, 0.1) is 5.92 Å². The van der Waals surface area contributed by atoms with Gasteiger partial charge >= 0.3 is 5.97 Å². The molecule has 0 bridgehead atoms. The third-order valence-corrected chi connectivity index (χ3v) is 3.94. The number of hydrogen-bond donors (Lipinski definition) is 3. The van der Waals surface area contributed by atoms with Crippen molar-refractivity contribution in [1.82, 2.24) is 10.3 Å². The average Bonchev–Trinajstić information content (AvgIpc) is 2.38. The van der Waals surface area contributed by atoms with Crippen molar-refractivity contribution in [1.29, 1.82) is 0 Å². The molecule has 1 saturated carbocycles. The predicted molar refractivity (Wildman–Crippen MR) is 72.5 cm³/mol. The van der Waals surface area contributed by atoms with E-state index in [1.54, 1.807) is 6.92 Å². The van der Waals surface area contributed by atoms with Crippen molar-refractivity contribution in [3.63, 3.8) is 0 Å². The quantitative estimate of drug-likeness (QED) is 0.772. The van der Waals surface area contributed by atoms with Crippen molar-refractivity contribution >= 4 is 11.9 Å². The molecule has 20 heavy (non-hydrogen) atoms. The molecule has 108 valence electrons. The first-order valence-corrected chi connectivity index (χ1v) is 6.66. The molecule has 1 fully saturated rings. The van der Waals surface area contributed by atoms with Crippen molar-refractivity contribution in [2.75, 3.05) is 0 Å². The lowest BCUT2D eigenvalue weighted by molar-refractivity contribution is -0.145. The predicted octanol–water partition coefficient (Wildman–Crippen LogP) is 1.14. The van der Waals surface area contributed by atoms with Gasteiger partial charge in [0.05, 0.1) is 11.5 Å². The Labute approximate surface area is 116 Å². The highest BCUT2D eigenvalue weighted by atomic mass is 16.4. The van der Waals surface area contributed by atoms with Crippen molar-refractivity contribution in [3.05, 3.63) is 34.2 Å². The van der Waals surface area contributed by atoms with Crippen LogP contribution in [0.15, 0.2) is 23.1 Å². The molecule has 2 atom stereocenters. The molecule has 0 aliphatic heterocycles. The lowest BCUT2D eigenvalue weighted by Crippen LogP contribution is -2.55. The Hall–Kier alpha value is -2.11. The zero-order valence-corrected chi connectivity index (χ0v) is 11.3. The second kappa shape index (κ2) is 5.48. The molecule has 1 aromatic heterocycles. The van der Waals surface area contributed by atoms with Crippen LogP contribution < -0.4 is 10.9 Å². The first-order valence-electron chi connectivity index (χ1n) is 6.66. The topological polar surface area (TPSA) is 99.3 Å². The van der Waals surface area contributed by atoms with Crippen molar-refractivity contribution in [2.24, 2.45) is 5.92 Å². The number of rotatable bonds is 3. The fourth-order valence-electron chi connectivity index (χ4n) is 2.80. The second-order valence-electron chi connectivity index (χ2n) is 5.45. The summed E-state index contributed by atoms with van der Waals surface area (Å²) in [7, 11) is 0. The molecular weight excluding hydrogens is 260 g/mol. The van der Waals surface area contributed by atoms with Crippen LogP contribution in [0.5, 0.6) is 0 Å². The van der Waals surface area contributed by atoms with Gasteiger partial charge in [0.1, 0.15) is 0 Å². The standard InChI is InChI=1S/C14H18N2O4/c1-14(6-3-2-4-10(14)13(19)20)16-12(18)9-5-7-15-11(17)8-9/h5,7-8,10H,2-4,6H2,1H3,(H,15,17)(H,16,18)(H,19,20)/t10-,14-/m0/s1. The molecule has 0 spiro atoms. The molecule has 0 radical (unpaired) electrons. The van der Waals surface area contributed by atoms with Crippen molar-refractivity contribution in [3.8, 4) is 0 Å². The molecule has 2 rings (SSSR count). The molecule has 1 aromatic rings. The van der Waals surface area contributed by atoms with Crippen LogP contribution in [0.1, 0.15) is 43.0 Å². The first kappa shape index (κ1) is 14.3. The van der Waals surface area contributed by atoms with Crippen LogP contribution in [0.2, 0.25) is 0 Å². The Kier molecular flexibility index (Phi) is 3.92. The number of H-pyrrole nitrogens is 1. The van der Waals surface area contributed by atoms with Crippen LogP contribution >= 0.6 is 0 Å². The zero-order valence-electron chi connectivity index (χ0n) is 11.3. The van der Waals surface area contributed by atoms with Crippen molar-refractivity contribution in [2.45, 2.75) is 38.1 Å². The molecule has 0 aromatic carbocycles. The van der Waals surface area contributed by atoms with Crippen LogP contribution in [0.3, 0.4) is 0 Å². The number of hydrogen-bond acceptors (Lipinski definition) is 3. The Morgan fingerprint density at radius 3 is 2.85 bits per heavy atom. The number of pyridine rings is 1. The molecule has 1 heterocycles. The van der Waals surface area contributed by atoms with Gasteiger partial charge in [-0.1, -0.05) is 12.8 Å². The van der Waals surface area contributed by atoms with E-state index < -0.39 is 23.3 Å². The summed E-state index contributed by atoms with van der Waals surface area (Å²) < 4.78 is 0. The van der Waals surface area contributed by atoms with Gasteiger partial charge in [-0.15, -0.1) is 0 Å². The Morgan fingerprint density at radius 1 is 1.45 bits per heavy atom. The minimum absolute atomic E-state index is 0.240. The highest BCUT2D eigenvalue weighted by Gasteiger charge is 2.42. The van der Waals surface area contributed by atoms with Crippen LogP contribution in [0.25, 0.3) is 0 Å². The Morgan fingerprint density at radius 2 is 2.20 bits per heavy atom. The van der Waals surface area contributed by atoms with Gasteiger partial charge in [0.25, 0.3) is 5.91 Å². The van der Waals surface area contributed by atoms with Crippen LogP contribution in [0.4, 0.5) is 0 Å². The van der Waals surface area contributed by atoms with Gasteiger partial charge in [0.2, 0.25) is 5.56 Å². The van der Waals surface area contributed by atoms with Gasteiger partial charge in [0.15, 0.2) is 0 Å². The second-order valence-corrected chi connectivity index (χ2v) is 5.45. The van der Waals surface area contributed by atoms with Crippen molar-refractivity contribution < 1.29 is 14.7 Å². The van der Waals surface area contributed by atoms with E-state index in [1.807, 2.05) is 0 Å². The van der Waals surface area contributed by atoms with Gasteiger partial charge < -0.3 is 15.4 Å². The van der Waals surface area contributed by atoms with Gasteiger partial charge in [-0.2, -0.15) is 0 Å². The smallest absolute Gasteiger partial charge is 0.308 e. The summed E-state index contributed by atoms with van der Waals surface area (Å²) in [6.45, 7) is 1.76. The van der Waals surface area contributed by atoms with E-state index in [4.69, 9.17) is 0 Å². The number of carboxylic acid groups (broad SMARTS) is 1. The molecule has 1 aliphatic rings. The summed E-state index contributed by atoms with van der Waals surface area (Å²) >= 11 is 0. The fraction of sp³-hybridized carbons (Fsp3) is 0.500. The SMILES string of the molecule is C[C@]1(NC(=O)c2cc[nH]c(=O)c2)CCCC[C@H]1C(=O)O. The largest absolute Gasteiger partial charge is 0.481 e. The summed E-state index contributed by atoms with van der Waals surface area (Å²) in [6.07, 6.45) is 4.32. The monoisotopic (exact) mass is 278 g/mol. The lowest BCUT2D eigenvalue weighted by atomic mass is 9.74. The first-order chi connectivity index (χ1) is 9.42. The van der Waals surface area contributed by atoms with Crippen LogP contribution in [-0.4, -0.2) is 27.5 Å². The normalized spacial score (nSPS) is 25.9. The number of aromatic amines is 1. The van der Waals surface area contributed by atoms with E-state index in [2.05, 4.69) is 10.3 Å². The van der Waals surface area contributed by atoms with E-state index in [9.17, 15) is 19.5 Å². The molecule has 3 N–H and O–H groups in total. The number of amides is 1. The minimum atomic E-state index is -0.890. The maximum Gasteiger partial charge on any atom is 0.308 e. The summed E-state index contributed by atoms with van der Waals surface area (Å²) in [5.41, 5.74) is -0.894. The Bertz CT molecular complexity index is 581. The van der Waals surface area contributed by atoms with E-state index in [-0.39, 0.29) is 11.1 Å². The molecule has 1 amide bonds. The van der Waals surface area contributed by atoms with E-state index in [0.717, 1.165) is 12.8 Å². The third-order valence-electron chi connectivity index (χ3n) is 3.94. The number of aliphatic carboxylic acids is 1. The van der Waals surface area contributed by atoms with Gasteiger partial charge in [-0.3, -0.25) is 14.4 Å². The zero-order chi connectivity index (χ0) is 14.8.